The van der Waals surface area contributed by atoms with Gasteiger partial charge in [-0.3, -0.25) is 0 Å². The van der Waals surface area contributed by atoms with Crippen LogP contribution in [0.25, 0.3) is 0 Å². The third kappa shape index (κ3) is 3.14. The molecule has 20 heavy (non-hydrogen) atoms. The first-order valence-electron chi connectivity index (χ1n) is 5.72. The van der Waals surface area contributed by atoms with Crippen LogP contribution in [0.5, 0.6) is 5.75 Å². The van der Waals surface area contributed by atoms with Crippen molar-refractivity contribution >= 4 is 28.9 Å². The molecule has 2 aromatic rings. The normalized spacial score (nSPS) is 10.4. The second-order valence-corrected chi connectivity index (χ2v) is 4.86. The maximum Gasteiger partial charge on any atom is 0.170 e. The van der Waals surface area contributed by atoms with Crippen molar-refractivity contribution in [2.75, 3.05) is 12.4 Å². The summed E-state index contributed by atoms with van der Waals surface area (Å²) in [5.74, 6) is -0.951. The number of halogens is 4. The van der Waals surface area contributed by atoms with Gasteiger partial charge in [-0.15, -0.1) is 0 Å². The number of nitrogens with one attached hydrogen (secondary N) is 1. The van der Waals surface area contributed by atoms with Gasteiger partial charge in [0, 0.05) is 17.8 Å². The summed E-state index contributed by atoms with van der Waals surface area (Å²) < 4.78 is 32.1. The van der Waals surface area contributed by atoms with Gasteiger partial charge >= 0.3 is 0 Å². The number of rotatable bonds is 4. The second kappa shape index (κ2) is 6.29. The Kier molecular flexibility index (Phi) is 4.68. The van der Waals surface area contributed by atoms with Crippen molar-refractivity contribution < 1.29 is 13.5 Å². The van der Waals surface area contributed by atoms with Crippen LogP contribution in [-0.4, -0.2) is 7.11 Å². The molecule has 0 atom stereocenters. The molecule has 0 heterocycles. The van der Waals surface area contributed by atoms with Gasteiger partial charge in [0.25, 0.3) is 0 Å². The predicted molar refractivity (Wildman–Crippen MR) is 76.7 cm³/mol. The van der Waals surface area contributed by atoms with Gasteiger partial charge in [0.05, 0.1) is 17.2 Å². The Bertz CT molecular complexity index is 612. The average molecular weight is 318 g/mol. The van der Waals surface area contributed by atoms with Gasteiger partial charge in [0.15, 0.2) is 17.4 Å². The van der Waals surface area contributed by atoms with E-state index in [0.29, 0.717) is 11.3 Å². The molecule has 0 amide bonds. The Balaban J connectivity index is 2.17. The number of benzene rings is 2. The van der Waals surface area contributed by atoms with Gasteiger partial charge < -0.3 is 10.1 Å². The van der Waals surface area contributed by atoms with E-state index < -0.39 is 11.6 Å². The van der Waals surface area contributed by atoms with E-state index in [-0.39, 0.29) is 22.3 Å². The summed E-state index contributed by atoms with van der Waals surface area (Å²) >= 11 is 11.4. The van der Waals surface area contributed by atoms with E-state index in [9.17, 15) is 8.78 Å². The Morgan fingerprint density at radius 1 is 1.10 bits per heavy atom. The van der Waals surface area contributed by atoms with E-state index in [1.54, 1.807) is 12.1 Å². The largest absolute Gasteiger partial charge is 0.494 e. The molecular weight excluding hydrogens is 307 g/mol. The molecular formula is C14H11Cl2F2NO. The summed E-state index contributed by atoms with van der Waals surface area (Å²) in [6, 6.07) is 7.62. The highest BCUT2D eigenvalue weighted by Gasteiger charge is 2.10. The zero-order valence-corrected chi connectivity index (χ0v) is 12.0. The maximum absolute atomic E-state index is 13.9. The molecule has 0 aliphatic heterocycles. The quantitative estimate of drug-likeness (QED) is 0.810. The molecule has 0 unspecified atom stereocenters. The summed E-state index contributed by atoms with van der Waals surface area (Å²) in [5, 5.41) is 2.75. The van der Waals surface area contributed by atoms with Gasteiger partial charge in [-0.05, 0) is 18.2 Å². The molecule has 106 valence electrons. The molecule has 0 saturated heterocycles. The van der Waals surface area contributed by atoms with Crippen LogP contribution in [0, 0.1) is 11.6 Å². The second-order valence-electron chi connectivity index (χ2n) is 4.04. The summed E-state index contributed by atoms with van der Waals surface area (Å²) in [7, 11) is 1.40. The van der Waals surface area contributed by atoms with E-state index in [1.807, 2.05) is 0 Å². The van der Waals surface area contributed by atoms with Crippen LogP contribution in [0.1, 0.15) is 5.56 Å². The Hall–Kier alpha value is -1.52. The number of hydrogen-bond acceptors (Lipinski definition) is 2. The Labute approximate surface area is 125 Å². The zero-order chi connectivity index (χ0) is 14.7. The third-order valence-corrected chi connectivity index (χ3v) is 3.28. The minimum absolute atomic E-state index is 0.0916. The van der Waals surface area contributed by atoms with Crippen molar-refractivity contribution in [3.63, 3.8) is 0 Å². The van der Waals surface area contributed by atoms with Gasteiger partial charge in [0.2, 0.25) is 0 Å². The Morgan fingerprint density at radius 2 is 1.75 bits per heavy atom. The average Bonchev–Trinajstić information content (AvgIpc) is 2.43. The van der Waals surface area contributed by atoms with Crippen LogP contribution in [0.4, 0.5) is 14.5 Å². The van der Waals surface area contributed by atoms with E-state index >= 15 is 0 Å². The molecule has 0 fully saturated rings. The van der Waals surface area contributed by atoms with Crippen LogP contribution in [0.3, 0.4) is 0 Å². The summed E-state index contributed by atoms with van der Waals surface area (Å²) in [6.45, 7) is 0.196. The van der Waals surface area contributed by atoms with E-state index in [0.717, 1.165) is 0 Å². The predicted octanol–water partition coefficient (Wildman–Crippen LogP) is 4.89. The van der Waals surface area contributed by atoms with E-state index in [2.05, 4.69) is 5.32 Å². The fourth-order valence-electron chi connectivity index (χ4n) is 1.71. The minimum Gasteiger partial charge on any atom is -0.494 e. The highest BCUT2D eigenvalue weighted by Crippen LogP contribution is 2.28. The van der Waals surface area contributed by atoms with Crippen molar-refractivity contribution in [1.29, 1.82) is 0 Å². The lowest BCUT2D eigenvalue weighted by Gasteiger charge is -2.10. The van der Waals surface area contributed by atoms with Crippen LogP contribution >= 0.6 is 23.2 Å². The van der Waals surface area contributed by atoms with E-state index in [1.165, 1.54) is 25.3 Å². The molecule has 0 bridgehead atoms. The lowest BCUT2D eigenvalue weighted by atomic mass is 10.2. The number of ether oxygens (including phenoxy) is 1. The van der Waals surface area contributed by atoms with Crippen LogP contribution in [0.15, 0.2) is 30.3 Å². The smallest absolute Gasteiger partial charge is 0.170 e. The highest BCUT2D eigenvalue weighted by molar-refractivity contribution is 6.35. The molecule has 0 saturated carbocycles. The van der Waals surface area contributed by atoms with Crippen LogP contribution < -0.4 is 10.1 Å². The number of hydrogen-bond donors (Lipinski definition) is 1. The molecule has 2 rings (SSSR count). The van der Waals surface area contributed by atoms with Crippen molar-refractivity contribution in [3.8, 4) is 5.75 Å². The molecule has 1 N–H and O–H groups in total. The van der Waals surface area contributed by atoms with Crippen LogP contribution in [-0.2, 0) is 6.54 Å². The SMILES string of the molecule is COc1cccc(CNc2cc(Cl)c(F)c(Cl)c2)c1F. The first kappa shape index (κ1) is 14.9. The summed E-state index contributed by atoms with van der Waals surface area (Å²) in [6.07, 6.45) is 0. The first-order chi connectivity index (χ1) is 9.52. The monoisotopic (exact) mass is 317 g/mol. The fourth-order valence-corrected chi connectivity index (χ4v) is 2.19. The highest BCUT2D eigenvalue weighted by atomic mass is 35.5. The standard InChI is InChI=1S/C14H11Cl2F2NO/c1-20-12-4-2-3-8(13(12)17)7-19-9-5-10(15)14(18)11(16)6-9/h2-6,19H,7H2,1H3. The van der Waals surface area contributed by atoms with Crippen molar-refractivity contribution in [2.24, 2.45) is 0 Å². The number of anilines is 1. The first-order valence-corrected chi connectivity index (χ1v) is 6.48. The maximum atomic E-state index is 13.9. The summed E-state index contributed by atoms with van der Waals surface area (Å²) in [5.41, 5.74) is 0.921. The molecule has 2 aromatic carbocycles. The van der Waals surface area contributed by atoms with E-state index in [4.69, 9.17) is 27.9 Å². The van der Waals surface area contributed by atoms with Gasteiger partial charge in [-0.2, -0.15) is 0 Å². The molecule has 0 radical (unpaired) electrons. The van der Waals surface area contributed by atoms with Crippen LogP contribution in [0.2, 0.25) is 10.0 Å². The topological polar surface area (TPSA) is 21.3 Å². The Morgan fingerprint density at radius 3 is 2.35 bits per heavy atom. The van der Waals surface area contributed by atoms with Gasteiger partial charge in [0.1, 0.15) is 0 Å². The molecule has 0 spiro atoms. The summed E-state index contributed by atoms with van der Waals surface area (Å²) in [4.78, 5) is 0. The van der Waals surface area contributed by atoms with Crippen molar-refractivity contribution in [3.05, 3.63) is 57.6 Å². The molecule has 0 aromatic heterocycles. The van der Waals surface area contributed by atoms with Gasteiger partial charge in [-0.1, -0.05) is 35.3 Å². The minimum atomic E-state index is -0.675. The molecule has 6 heteroatoms. The lowest BCUT2D eigenvalue weighted by molar-refractivity contribution is 0.384. The molecule has 0 aliphatic rings. The third-order valence-electron chi connectivity index (χ3n) is 2.73. The van der Waals surface area contributed by atoms with Crippen molar-refractivity contribution in [1.82, 2.24) is 0 Å². The van der Waals surface area contributed by atoms with Gasteiger partial charge in [-0.25, -0.2) is 8.78 Å². The molecule has 2 nitrogen and oxygen atoms in total. The fraction of sp³-hybridized carbons (Fsp3) is 0.143. The zero-order valence-electron chi connectivity index (χ0n) is 10.5. The lowest BCUT2D eigenvalue weighted by Crippen LogP contribution is -2.03. The number of methoxy groups -OCH3 is 1. The van der Waals surface area contributed by atoms with Crippen molar-refractivity contribution in [2.45, 2.75) is 6.54 Å². The molecule has 0 aliphatic carbocycles.